The van der Waals surface area contributed by atoms with Crippen LogP contribution in [0.3, 0.4) is 0 Å². The van der Waals surface area contributed by atoms with Crippen molar-refractivity contribution in [3.63, 3.8) is 0 Å². The lowest BCUT2D eigenvalue weighted by atomic mass is 10.4. The zero-order valence-corrected chi connectivity index (χ0v) is 7.60. The van der Waals surface area contributed by atoms with Crippen molar-refractivity contribution in [1.29, 1.82) is 0 Å². The molecule has 1 N–H and O–H groups in total. The summed E-state index contributed by atoms with van der Waals surface area (Å²) in [6.07, 6.45) is 3.40. The van der Waals surface area contributed by atoms with Crippen molar-refractivity contribution in [2.75, 3.05) is 0 Å². The maximum absolute atomic E-state index is 10.6. The normalized spacial score (nSPS) is 17.1. The topological polar surface area (TPSA) is 140 Å². The standard InChI is InChI=1S/C6H4N6O4/c13-11(14)6(12(15)16)3-9-5(10-6)4-7-1-2-8-4/h1-3H,(H,7,8). The van der Waals surface area contributed by atoms with E-state index in [-0.39, 0.29) is 11.7 Å². The molecule has 0 spiro atoms. The van der Waals surface area contributed by atoms with Gasteiger partial charge in [-0.3, -0.25) is 20.2 Å². The Bertz CT molecular complexity index is 489. The predicted octanol–water partition coefficient (Wildman–Crippen LogP) is -0.552. The van der Waals surface area contributed by atoms with E-state index in [1.807, 2.05) is 0 Å². The van der Waals surface area contributed by atoms with Crippen LogP contribution >= 0.6 is 0 Å². The molecule has 0 fully saturated rings. The van der Waals surface area contributed by atoms with Crippen LogP contribution in [-0.2, 0) is 0 Å². The second-order valence-electron chi connectivity index (χ2n) is 2.83. The number of amidine groups is 1. The van der Waals surface area contributed by atoms with Gasteiger partial charge in [0.15, 0.2) is 12.0 Å². The van der Waals surface area contributed by atoms with E-state index in [0.717, 1.165) is 0 Å². The SMILES string of the molecule is O=[N+]([O-])C1([N+](=O)[O-])C=NC(c2ncc[nH]2)=N1. The van der Waals surface area contributed by atoms with Crippen LogP contribution in [0.15, 0.2) is 22.4 Å². The molecule has 82 valence electrons. The number of H-pyrrole nitrogens is 1. The molecular formula is C6H4N6O4. The number of aliphatic imine (C=N–C) groups is 2. The van der Waals surface area contributed by atoms with Crippen LogP contribution in [-0.4, -0.2) is 37.7 Å². The van der Waals surface area contributed by atoms with Gasteiger partial charge in [-0.05, 0) is 0 Å². The third-order valence-electron chi connectivity index (χ3n) is 1.88. The first kappa shape index (κ1) is 9.89. The average Bonchev–Trinajstić information content (AvgIpc) is 2.87. The minimum atomic E-state index is -2.73. The van der Waals surface area contributed by atoms with E-state index in [9.17, 15) is 20.2 Å². The Morgan fingerprint density at radius 2 is 2.00 bits per heavy atom. The number of hydrogen-bond donors (Lipinski definition) is 1. The Morgan fingerprint density at radius 1 is 1.31 bits per heavy atom. The van der Waals surface area contributed by atoms with E-state index in [0.29, 0.717) is 6.21 Å². The summed E-state index contributed by atoms with van der Waals surface area (Å²) < 4.78 is 0. The highest BCUT2D eigenvalue weighted by Gasteiger charge is 2.58. The fourth-order valence-electron chi connectivity index (χ4n) is 1.11. The van der Waals surface area contributed by atoms with Crippen molar-refractivity contribution in [3.8, 4) is 0 Å². The van der Waals surface area contributed by atoms with E-state index in [2.05, 4.69) is 20.0 Å². The van der Waals surface area contributed by atoms with Crippen LogP contribution in [0.5, 0.6) is 0 Å². The summed E-state index contributed by atoms with van der Waals surface area (Å²) in [6, 6.07) is 0. The molecule has 0 radical (unpaired) electrons. The summed E-state index contributed by atoms with van der Waals surface area (Å²) in [5.41, 5.74) is 0. The van der Waals surface area contributed by atoms with Gasteiger partial charge in [0.25, 0.3) is 0 Å². The molecule has 0 atom stereocenters. The Morgan fingerprint density at radius 3 is 2.44 bits per heavy atom. The zero-order valence-electron chi connectivity index (χ0n) is 7.60. The molecule has 0 bridgehead atoms. The summed E-state index contributed by atoms with van der Waals surface area (Å²) in [7, 11) is 0. The minimum absolute atomic E-state index is 0.141. The monoisotopic (exact) mass is 224 g/mol. The lowest BCUT2D eigenvalue weighted by Crippen LogP contribution is -2.44. The number of rotatable bonds is 3. The summed E-state index contributed by atoms with van der Waals surface area (Å²) in [5, 5.41) is 21.2. The lowest BCUT2D eigenvalue weighted by Gasteiger charge is -2.02. The second-order valence-corrected chi connectivity index (χ2v) is 2.83. The third kappa shape index (κ3) is 1.24. The molecule has 2 rings (SSSR count). The van der Waals surface area contributed by atoms with Gasteiger partial charge >= 0.3 is 5.79 Å². The third-order valence-corrected chi connectivity index (χ3v) is 1.88. The molecule has 0 saturated heterocycles. The number of imidazole rings is 1. The van der Waals surface area contributed by atoms with E-state index < -0.39 is 15.6 Å². The van der Waals surface area contributed by atoms with Crippen LogP contribution in [0.4, 0.5) is 0 Å². The highest BCUT2D eigenvalue weighted by Crippen LogP contribution is 2.18. The Hall–Kier alpha value is -2.65. The van der Waals surface area contributed by atoms with Gasteiger partial charge in [-0.2, -0.15) is 0 Å². The van der Waals surface area contributed by atoms with Gasteiger partial charge in [-0.25, -0.2) is 9.98 Å². The molecule has 1 aromatic rings. The summed E-state index contributed by atoms with van der Waals surface area (Å²) in [4.78, 5) is 32.2. The Kier molecular flexibility index (Phi) is 1.97. The number of hydrogen-bond acceptors (Lipinski definition) is 7. The fourth-order valence-corrected chi connectivity index (χ4v) is 1.11. The first-order chi connectivity index (χ1) is 7.56. The molecule has 1 aliphatic heterocycles. The second kappa shape index (κ2) is 3.18. The largest absolute Gasteiger partial charge is 0.600 e. The quantitative estimate of drug-likeness (QED) is 0.416. The van der Waals surface area contributed by atoms with Crippen LogP contribution in [0.25, 0.3) is 0 Å². The molecule has 10 heteroatoms. The maximum atomic E-state index is 10.6. The Labute approximate surface area is 87.0 Å². The van der Waals surface area contributed by atoms with E-state index in [1.54, 1.807) is 0 Å². The molecule has 1 aliphatic rings. The van der Waals surface area contributed by atoms with E-state index >= 15 is 0 Å². The van der Waals surface area contributed by atoms with E-state index in [4.69, 9.17) is 0 Å². The number of nitrogens with zero attached hydrogens (tertiary/aromatic N) is 5. The Balaban J connectivity index is 2.46. The molecule has 1 aromatic heterocycles. The summed E-state index contributed by atoms with van der Waals surface area (Å²) in [5.74, 6) is -2.76. The predicted molar refractivity (Wildman–Crippen MR) is 50.3 cm³/mol. The average molecular weight is 224 g/mol. The van der Waals surface area contributed by atoms with Crippen LogP contribution in [0, 0.1) is 20.2 Å². The smallest absolute Gasteiger partial charge is 0.342 e. The van der Waals surface area contributed by atoms with Crippen molar-refractivity contribution in [2.45, 2.75) is 5.79 Å². The number of aromatic amines is 1. The highest BCUT2D eigenvalue weighted by molar-refractivity contribution is 6.05. The zero-order chi connectivity index (χ0) is 11.8. The van der Waals surface area contributed by atoms with Crippen LogP contribution < -0.4 is 0 Å². The van der Waals surface area contributed by atoms with Crippen molar-refractivity contribution >= 4 is 12.1 Å². The minimum Gasteiger partial charge on any atom is -0.342 e. The molecule has 0 unspecified atom stereocenters. The molecule has 2 heterocycles. The maximum Gasteiger partial charge on any atom is 0.600 e. The lowest BCUT2D eigenvalue weighted by molar-refractivity contribution is -0.767. The number of nitrogens with one attached hydrogen (secondary N) is 1. The van der Waals surface area contributed by atoms with Crippen molar-refractivity contribution in [3.05, 3.63) is 38.4 Å². The summed E-state index contributed by atoms with van der Waals surface area (Å²) >= 11 is 0. The molecule has 16 heavy (non-hydrogen) atoms. The first-order valence-corrected chi connectivity index (χ1v) is 4.00. The molecule has 0 saturated carbocycles. The van der Waals surface area contributed by atoms with Crippen molar-refractivity contribution in [2.24, 2.45) is 9.98 Å². The van der Waals surface area contributed by atoms with Crippen molar-refractivity contribution < 1.29 is 9.85 Å². The number of nitro groups is 2. The van der Waals surface area contributed by atoms with Gasteiger partial charge in [0.05, 0.1) is 0 Å². The fraction of sp³-hybridized carbons (Fsp3) is 0.167. The van der Waals surface area contributed by atoms with Gasteiger partial charge in [0, 0.05) is 12.4 Å². The molecule has 0 aliphatic carbocycles. The summed E-state index contributed by atoms with van der Waals surface area (Å²) in [6.45, 7) is 0. The van der Waals surface area contributed by atoms with Gasteiger partial charge in [-0.1, -0.05) is 0 Å². The van der Waals surface area contributed by atoms with E-state index in [1.165, 1.54) is 12.4 Å². The van der Waals surface area contributed by atoms with Crippen LogP contribution in [0.1, 0.15) is 5.82 Å². The van der Waals surface area contributed by atoms with Crippen LogP contribution in [0.2, 0.25) is 0 Å². The highest BCUT2D eigenvalue weighted by atomic mass is 16.7. The van der Waals surface area contributed by atoms with Gasteiger partial charge in [-0.15, -0.1) is 4.99 Å². The number of aromatic nitrogens is 2. The first-order valence-electron chi connectivity index (χ1n) is 4.00. The van der Waals surface area contributed by atoms with Gasteiger partial charge in [0.1, 0.15) is 9.85 Å². The van der Waals surface area contributed by atoms with Gasteiger partial charge < -0.3 is 4.98 Å². The van der Waals surface area contributed by atoms with Gasteiger partial charge in [0.2, 0.25) is 5.84 Å². The molecule has 10 nitrogen and oxygen atoms in total. The molecular weight excluding hydrogens is 220 g/mol. The van der Waals surface area contributed by atoms with Crippen molar-refractivity contribution in [1.82, 2.24) is 9.97 Å². The molecule has 0 aromatic carbocycles. The molecule has 0 amide bonds.